The summed E-state index contributed by atoms with van der Waals surface area (Å²) in [5.74, 6) is 0.976. The number of alkyl halides is 1. The van der Waals surface area contributed by atoms with Crippen LogP contribution in [0.25, 0.3) is 0 Å². The fraction of sp³-hybridized carbons (Fsp3) is 0.400. The maximum absolute atomic E-state index is 5.25. The molecule has 0 fully saturated rings. The number of hydrogen-bond donors (Lipinski definition) is 0. The van der Waals surface area contributed by atoms with Gasteiger partial charge in [-0.3, -0.25) is 0 Å². The van der Waals surface area contributed by atoms with E-state index in [0.29, 0.717) is 0 Å². The van der Waals surface area contributed by atoms with Gasteiger partial charge in [0.2, 0.25) is 0 Å². The Labute approximate surface area is 81.9 Å². The van der Waals surface area contributed by atoms with Gasteiger partial charge in [-0.2, -0.15) is 0 Å². The number of aryl methyl sites for hydroxylation is 1. The predicted octanol–water partition coefficient (Wildman–Crippen LogP) is 3.21. The lowest BCUT2D eigenvalue weighted by Crippen LogP contribution is -1.92. The highest BCUT2D eigenvalue weighted by molar-refractivity contribution is 9.08. The van der Waals surface area contributed by atoms with E-state index in [-0.39, 0.29) is 0 Å². The standard InChI is InChI=1S/C10H13BrO/c1-7-4-9(6-11)8(2)10(5-7)12-3/h4-5H,6H2,1-3H3. The largest absolute Gasteiger partial charge is 0.496 e. The van der Waals surface area contributed by atoms with Gasteiger partial charge in [-0.15, -0.1) is 0 Å². The quantitative estimate of drug-likeness (QED) is 0.707. The third-order valence-electron chi connectivity index (χ3n) is 1.98. The monoisotopic (exact) mass is 228 g/mol. The van der Waals surface area contributed by atoms with Gasteiger partial charge in [-0.25, -0.2) is 0 Å². The van der Waals surface area contributed by atoms with Crippen LogP contribution >= 0.6 is 15.9 Å². The van der Waals surface area contributed by atoms with Gasteiger partial charge >= 0.3 is 0 Å². The molecule has 0 aromatic heterocycles. The summed E-state index contributed by atoms with van der Waals surface area (Å²) in [6.07, 6.45) is 0. The lowest BCUT2D eigenvalue weighted by atomic mass is 10.1. The zero-order valence-corrected chi connectivity index (χ0v) is 9.23. The molecule has 0 radical (unpaired) electrons. The number of benzene rings is 1. The maximum Gasteiger partial charge on any atom is 0.122 e. The molecule has 1 nitrogen and oxygen atoms in total. The minimum atomic E-state index is 0.886. The minimum absolute atomic E-state index is 0.886. The first-order valence-corrected chi connectivity index (χ1v) is 5.01. The molecule has 12 heavy (non-hydrogen) atoms. The maximum atomic E-state index is 5.25. The molecule has 0 aliphatic rings. The van der Waals surface area contributed by atoms with E-state index in [1.165, 1.54) is 16.7 Å². The molecule has 0 saturated heterocycles. The van der Waals surface area contributed by atoms with E-state index in [0.717, 1.165) is 11.1 Å². The van der Waals surface area contributed by atoms with Gasteiger partial charge in [0.25, 0.3) is 0 Å². The summed E-state index contributed by atoms with van der Waals surface area (Å²) < 4.78 is 5.25. The fourth-order valence-electron chi connectivity index (χ4n) is 1.25. The Morgan fingerprint density at radius 3 is 2.50 bits per heavy atom. The fourth-order valence-corrected chi connectivity index (χ4v) is 1.83. The van der Waals surface area contributed by atoms with Crippen LogP contribution in [0.15, 0.2) is 12.1 Å². The van der Waals surface area contributed by atoms with Crippen LogP contribution in [-0.4, -0.2) is 7.11 Å². The number of methoxy groups -OCH3 is 1. The predicted molar refractivity (Wildman–Crippen MR) is 55.1 cm³/mol. The highest BCUT2D eigenvalue weighted by Gasteiger charge is 2.03. The highest BCUT2D eigenvalue weighted by atomic mass is 79.9. The molecule has 0 bridgehead atoms. The van der Waals surface area contributed by atoms with Crippen molar-refractivity contribution < 1.29 is 4.74 Å². The Morgan fingerprint density at radius 2 is 2.00 bits per heavy atom. The molecule has 2 heteroatoms. The van der Waals surface area contributed by atoms with Crippen LogP contribution in [0, 0.1) is 13.8 Å². The van der Waals surface area contributed by atoms with Crippen molar-refractivity contribution in [3.8, 4) is 5.75 Å². The SMILES string of the molecule is COc1cc(C)cc(CBr)c1C. The number of halogens is 1. The van der Waals surface area contributed by atoms with Gasteiger partial charge in [0.1, 0.15) is 5.75 Å². The van der Waals surface area contributed by atoms with Gasteiger partial charge in [-0.1, -0.05) is 22.0 Å². The molecule has 1 aromatic rings. The summed E-state index contributed by atoms with van der Waals surface area (Å²) in [5, 5.41) is 0.886. The summed E-state index contributed by atoms with van der Waals surface area (Å²) in [5.41, 5.74) is 3.76. The minimum Gasteiger partial charge on any atom is -0.496 e. The van der Waals surface area contributed by atoms with Crippen molar-refractivity contribution in [2.75, 3.05) is 7.11 Å². The van der Waals surface area contributed by atoms with Crippen LogP contribution in [0.4, 0.5) is 0 Å². The average molecular weight is 229 g/mol. The van der Waals surface area contributed by atoms with Crippen LogP contribution in [0.5, 0.6) is 5.75 Å². The molecule has 0 unspecified atom stereocenters. The van der Waals surface area contributed by atoms with Gasteiger partial charge in [0.15, 0.2) is 0 Å². The van der Waals surface area contributed by atoms with E-state index in [1.54, 1.807) is 7.11 Å². The van der Waals surface area contributed by atoms with Gasteiger partial charge in [0, 0.05) is 5.33 Å². The Morgan fingerprint density at radius 1 is 1.33 bits per heavy atom. The van der Waals surface area contributed by atoms with Crippen LogP contribution < -0.4 is 4.74 Å². The van der Waals surface area contributed by atoms with E-state index in [2.05, 4.69) is 41.9 Å². The summed E-state index contributed by atoms with van der Waals surface area (Å²) in [7, 11) is 1.71. The molecule has 0 spiro atoms. The summed E-state index contributed by atoms with van der Waals surface area (Å²) in [6, 6.07) is 4.23. The molecule has 66 valence electrons. The van der Waals surface area contributed by atoms with Crippen molar-refractivity contribution in [3.05, 3.63) is 28.8 Å². The third kappa shape index (κ3) is 1.81. The molecule has 1 rings (SSSR count). The van der Waals surface area contributed by atoms with Crippen molar-refractivity contribution in [3.63, 3.8) is 0 Å². The second kappa shape index (κ2) is 3.94. The number of ether oxygens (including phenoxy) is 1. The van der Waals surface area contributed by atoms with E-state index in [1.807, 2.05) is 0 Å². The average Bonchev–Trinajstić information content (AvgIpc) is 2.08. The van der Waals surface area contributed by atoms with Crippen molar-refractivity contribution in [1.29, 1.82) is 0 Å². The number of rotatable bonds is 2. The van der Waals surface area contributed by atoms with Crippen molar-refractivity contribution in [2.24, 2.45) is 0 Å². The van der Waals surface area contributed by atoms with Gasteiger partial charge in [-0.05, 0) is 36.6 Å². The molecule has 1 aromatic carbocycles. The molecule has 0 aliphatic carbocycles. The first-order chi connectivity index (χ1) is 5.69. The number of hydrogen-bond acceptors (Lipinski definition) is 1. The zero-order valence-electron chi connectivity index (χ0n) is 7.65. The van der Waals surface area contributed by atoms with Crippen LogP contribution in [0.1, 0.15) is 16.7 Å². The van der Waals surface area contributed by atoms with E-state index in [9.17, 15) is 0 Å². The van der Waals surface area contributed by atoms with Crippen molar-refractivity contribution >= 4 is 15.9 Å². The second-order valence-electron chi connectivity index (χ2n) is 2.88. The molecular formula is C10H13BrO. The van der Waals surface area contributed by atoms with E-state index >= 15 is 0 Å². The van der Waals surface area contributed by atoms with E-state index in [4.69, 9.17) is 4.74 Å². The molecule has 0 aliphatic heterocycles. The normalized spacial score (nSPS) is 10.0. The smallest absolute Gasteiger partial charge is 0.122 e. The molecule has 0 atom stereocenters. The third-order valence-corrected chi connectivity index (χ3v) is 2.58. The van der Waals surface area contributed by atoms with Crippen LogP contribution in [-0.2, 0) is 5.33 Å². The Hall–Kier alpha value is -0.500. The first kappa shape index (κ1) is 9.59. The zero-order chi connectivity index (χ0) is 9.14. The van der Waals surface area contributed by atoms with Gasteiger partial charge < -0.3 is 4.74 Å². The Bertz CT molecular complexity index is 256. The van der Waals surface area contributed by atoms with Gasteiger partial charge in [0.05, 0.1) is 7.11 Å². The van der Waals surface area contributed by atoms with Crippen LogP contribution in [0.3, 0.4) is 0 Å². The Kier molecular flexibility index (Phi) is 3.15. The summed E-state index contributed by atoms with van der Waals surface area (Å²) in [4.78, 5) is 0. The van der Waals surface area contributed by atoms with Crippen molar-refractivity contribution in [1.82, 2.24) is 0 Å². The van der Waals surface area contributed by atoms with E-state index < -0.39 is 0 Å². The van der Waals surface area contributed by atoms with Crippen molar-refractivity contribution in [2.45, 2.75) is 19.2 Å². The first-order valence-electron chi connectivity index (χ1n) is 3.89. The summed E-state index contributed by atoms with van der Waals surface area (Å²) in [6.45, 7) is 4.16. The lowest BCUT2D eigenvalue weighted by Gasteiger charge is -2.09. The lowest BCUT2D eigenvalue weighted by molar-refractivity contribution is 0.411. The molecular weight excluding hydrogens is 216 g/mol. The molecule has 0 heterocycles. The Balaban J connectivity index is 3.22. The van der Waals surface area contributed by atoms with Crippen LogP contribution in [0.2, 0.25) is 0 Å². The topological polar surface area (TPSA) is 9.23 Å². The molecule has 0 N–H and O–H groups in total. The molecule has 0 amide bonds. The highest BCUT2D eigenvalue weighted by Crippen LogP contribution is 2.24. The summed E-state index contributed by atoms with van der Waals surface area (Å²) >= 11 is 3.45. The molecule has 0 saturated carbocycles. The second-order valence-corrected chi connectivity index (χ2v) is 3.45.